The molecule has 0 saturated heterocycles. The van der Waals surface area contributed by atoms with Gasteiger partial charge in [0, 0.05) is 25.8 Å². The molecular formula is C8H13N3O2. The molecule has 0 saturated carbocycles. The summed E-state index contributed by atoms with van der Waals surface area (Å²) in [7, 11) is 1.66. The predicted molar refractivity (Wildman–Crippen MR) is 48.4 cm³/mol. The molecule has 1 atom stereocenters. The lowest BCUT2D eigenvalue weighted by molar-refractivity contribution is 0.0686. The maximum Gasteiger partial charge on any atom is 0.352 e. The molecule has 13 heavy (non-hydrogen) atoms. The summed E-state index contributed by atoms with van der Waals surface area (Å²) < 4.78 is 1.52. The minimum Gasteiger partial charge on any atom is -0.477 e. The largest absolute Gasteiger partial charge is 0.477 e. The number of rotatable bonds is 3. The third kappa shape index (κ3) is 1.88. The Balaban J connectivity index is 3.01. The number of carbonyl (C=O) groups is 1. The van der Waals surface area contributed by atoms with Crippen LogP contribution in [-0.2, 0) is 7.05 Å². The fourth-order valence-electron chi connectivity index (χ4n) is 1.14. The van der Waals surface area contributed by atoms with Gasteiger partial charge in [-0.05, 0) is 11.6 Å². The highest BCUT2D eigenvalue weighted by molar-refractivity contribution is 5.86. The van der Waals surface area contributed by atoms with E-state index in [9.17, 15) is 4.79 Å². The third-order valence-corrected chi connectivity index (χ3v) is 1.93. The van der Waals surface area contributed by atoms with Crippen molar-refractivity contribution in [1.82, 2.24) is 4.57 Å². The first-order valence-electron chi connectivity index (χ1n) is 3.91. The van der Waals surface area contributed by atoms with Crippen molar-refractivity contribution >= 4 is 5.97 Å². The molecule has 0 radical (unpaired) electrons. The Labute approximate surface area is 75.9 Å². The maximum atomic E-state index is 10.7. The van der Waals surface area contributed by atoms with Crippen LogP contribution in [0.25, 0.3) is 0 Å². The van der Waals surface area contributed by atoms with Crippen molar-refractivity contribution in [3.8, 4) is 0 Å². The Morgan fingerprint density at radius 2 is 2.38 bits per heavy atom. The van der Waals surface area contributed by atoms with E-state index in [0.29, 0.717) is 6.54 Å². The molecule has 0 amide bonds. The van der Waals surface area contributed by atoms with E-state index in [1.165, 1.54) is 4.57 Å². The Hall–Kier alpha value is -1.33. The number of carboxylic acid groups (broad SMARTS) is 1. The molecule has 0 fully saturated rings. The van der Waals surface area contributed by atoms with Gasteiger partial charge in [0.2, 0.25) is 0 Å². The molecule has 1 aromatic rings. The van der Waals surface area contributed by atoms with Crippen LogP contribution in [0, 0.1) is 0 Å². The van der Waals surface area contributed by atoms with Crippen LogP contribution < -0.4 is 11.5 Å². The number of nitrogens with two attached hydrogens (primary N) is 2. The summed E-state index contributed by atoms with van der Waals surface area (Å²) in [4.78, 5) is 10.7. The Bertz CT molecular complexity index is 319. The summed E-state index contributed by atoms with van der Waals surface area (Å²) in [5.74, 6) is -0.960. The van der Waals surface area contributed by atoms with Crippen molar-refractivity contribution < 1.29 is 9.90 Å². The average molecular weight is 183 g/mol. The van der Waals surface area contributed by atoms with Crippen molar-refractivity contribution in [2.75, 3.05) is 6.54 Å². The fourth-order valence-corrected chi connectivity index (χ4v) is 1.14. The van der Waals surface area contributed by atoms with Crippen LogP contribution in [-0.4, -0.2) is 22.2 Å². The van der Waals surface area contributed by atoms with Crippen molar-refractivity contribution in [2.45, 2.75) is 6.04 Å². The third-order valence-electron chi connectivity index (χ3n) is 1.93. The molecule has 0 aliphatic carbocycles. The molecule has 1 unspecified atom stereocenters. The average Bonchev–Trinajstić information content (AvgIpc) is 2.46. The van der Waals surface area contributed by atoms with Crippen LogP contribution in [0.4, 0.5) is 0 Å². The zero-order valence-corrected chi connectivity index (χ0v) is 7.40. The lowest BCUT2D eigenvalue weighted by atomic mass is 10.1. The number of nitrogens with zero attached hydrogens (tertiary/aromatic N) is 1. The molecule has 1 rings (SSSR count). The van der Waals surface area contributed by atoms with E-state index in [1.807, 2.05) is 0 Å². The lowest BCUT2D eigenvalue weighted by Crippen LogP contribution is -2.20. The van der Waals surface area contributed by atoms with Gasteiger partial charge in [0.25, 0.3) is 0 Å². The van der Waals surface area contributed by atoms with Crippen molar-refractivity contribution in [2.24, 2.45) is 18.5 Å². The quantitative estimate of drug-likeness (QED) is 0.598. The van der Waals surface area contributed by atoms with Gasteiger partial charge in [-0.3, -0.25) is 0 Å². The van der Waals surface area contributed by atoms with Gasteiger partial charge in [0.15, 0.2) is 0 Å². The molecule has 5 nitrogen and oxygen atoms in total. The first-order valence-corrected chi connectivity index (χ1v) is 3.91. The predicted octanol–water partition coefficient (Wildman–Crippen LogP) is -0.318. The molecule has 0 aliphatic rings. The summed E-state index contributed by atoms with van der Waals surface area (Å²) in [5.41, 5.74) is 12.0. The Morgan fingerprint density at radius 3 is 2.77 bits per heavy atom. The number of carboxylic acids is 1. The van der Waals surface area contributed by atoms with E-state index < -0.39 is 5.97 Å². The molecule has 5 N–H and O–H groups in total. The van der Waals surface area contributed by atoms with Crippen LogP contribution in [0.5, 0.6) is 0 Å². The maximum absolute atomic E-state index is 10.7. The second-order valence-electron chi connectivity index (χ2n) is 2.92. The second-order valence-corrected chi connectivity index (χ2v) is 2.92. The Kier molecular flexibility index (Phi) is 2.69. The van der Waals surface area contributed by atoms with E-state index in [-0.39, 0.29) is 11.7 Å². The van der Waals surface area contributed by atoms with E-state index in [4.69, 9.17) is 16.6 Å². The molecular weight excluding hydrogens is 170 g/mol. The topological polar surface area (TPSA) is 94.3 Å². The first kappa shape index (κ1) is 9.76. The summed E-state index contributed by atoms with van der Waals surface area (Å²) >= 11 is 0. The molecule has 0 bridgehead atoms. The van der Waals surface area contributed by atoms with E-state index in [2.05, 4.69) is 0 Å². The monoisotopic (exact) mass is 183 g/mol. The van der Waals surface area contributed by atoms with Gasteiger partial charge >= 0.3 is 5.97 Å². The van der Waals surface area contributed by atoms with E-state index in [0.717, 1.165) is 5.56 Å². The Morgan fingerprint density at radius 1 is 1.77 bits per heavy atom. The SMILES string of the molecule is Cn1cc(C(N)CN)cc1C(=O)O. The minimum atomic E-state index is -0.960. The summed E-state index contributed by atoms with van der Waals surface area (Å²) in [6.45, 7) is 0.309. The number of aromatic carboxylic acids is 1. The highest BCUT2D eigenvalue weighted by Crippen LogP contribution is 2.13. The van der Waals surface area contributed by atoms with Gasteiger partial charge < -0.3 is 21.1 Å². The number of hydrogen-bond donors (Lipinski definition) is 3. The van der Waals surface area contributed by atoms with Crippen LogP contribution in [0.2, 0.25) is 0 Å². The summed E-state index contributed by atoms with van der Waals surface area (Å²) in [5, 5.41) is 8.74. The van der Waals surface area contributed by atoms with Crippen molar-refractivity contribution in [1.29, 1.82) is 0 Å². The minimum absolute atomic E-state index is 0.221. The van der Waals surface area contributed by atoms with Gasteiger partial charge in [-0.1, -0.05) is 0 Å². The van der Waals surface area contributed by atoms with Crippen molar-refractivity contribution in [3.63, 3.8) is 0 Å². The van der Waals surface area contributed by atoms with Gasteiger partial charge in [-0.15, -0.1) is 0 Å². The van der Waals surface area contributed by atoms with E-state index in [1.54, 1.807) is 19.3 Å². The van der Waals surface area contributed by atoms with Gasteiger partial charge in [0.05, 0.1) is 0 Å². The summed E-state index contributed by atoms with van der Waals surface area (Å²) in [6, 6.07) is 1.25. The van der Waals surface area contributed by atoms with E-state index >= 15 is 0 Å². The normalized spacial score (nSPS) is 12.8. The van der Waals surface area contributed by atoms with Crippen LogP contribution in [0.3, 0.4) is 0 Å². The highest BCUT2D eigenvalue weighted by Gasteiger charge is 2.12. The van der Waals surface area contributed by atoms with Gasteiger partial charge in [-0.2, -0.15) is 0 Å². The molecule has 1 aromatic heterocycles. The standard InChI is InChI=1S/C8H13N3O2/c1-11-4-5(6(10)3-9)2-7(11)8(12)13/h2,4,6H,3,9-10H2,1H3,(H,12,13). The highest BCUT2D eigenvalue weighted by atomic mass is 16.4. The first-order chi connectivity index (χ1) is 6.06. The zero-order valence-electron chi connectivity index (χ0n) is 7.40. The number of aromatic nitrogens is 1. The van der Waals surface area contributed by atoms with Gasteiger partial charge in [-0.25, -0.2) is 4.79 Å². The second kappa shape index (κ2) is 3.59. The fraction of sp³-hybridized carbons (Fsp3) is 0.375. The van der Waals surface area contributed by atoms with Crippen LogP contribution in [0.15, 0.2) is 12.3 Å². The molecule has 0 spiro atoms. The zero-order chi connectivity index (χ0) is 10.0. The smallest absolute Gasteiger partial charge is 0.352 e. The number of aryl methyl sites for hydroxylation is 1. The molecule has 0 aromatic carbocycles. The van der Waals surface area contributed by atoms with Crippen LogP contribution >= 0.6 is 0 Å². The molecule has 0 aliphatic heterocycles. The number of hydrogen-bond acceptors (Lipinski definition) is 3. The lowest BCUT2D eigenvalue weighted by Gasteiger charge is -2.03. The molecule has 1 heterocycles. The van der Waals surface area contributed by atoms with Crippen molar-refractivity contribution in [3.05, 3.63) is 23.5 Å². The molecule has 5 heteroatoms. The van der Waals surface area contributed by atoms with Crippen LogP contribution in [0.1, 0.15) is 22.1 Å². The molecule has 72 valence electrons. The summed E-state index contributed by atoms with van der Waals surface area (Å²) in [6.07, 6.45) is 1.68. The van der Waals surface area contributed by atoms with Gasteiger partial charge in [0.1, 0.15) is 5.69 Å².